The summed E-state index contributed by atoms with van der Waals surface area (Å²) in [4.78, 5) is 24.5. The average Bonchev–Trinajstić information content (AvgIpc) is 2.40. The number of amides is 2. The Labute approximate surface area is 135 Å². The number of carbonyl (C=O) groups is 2. The molecule has 0 saturated heterocycles. The Balaban J connectivity index is 3.19. The van der Waals surface area contributed by atoms with Gasteiger partial charge in [-0.05, 0) is 25.1 Å². The van der Waals surface area contributed by atoms with Gasteiger partial charge in [0.2, 0.25) is 5.91 Å². The van der Waals surface area contributed by atoms with E-state index in [1.165, 1.54) is 6.92 Å². The molecule has 5 nitrogen and oxygen atoms in total. The second-order valence-corrected chi connectivity index (χ2v) is 4.88. The molecule has 0 radical (unpaired) electrons. The summed E-state index contributed by atoms with van der Waals surface area (Å²) in [5.41, 5.74) is 4.90. The van der Waals surface area contributed by atoms with Crippen LogP contribution >= 0.6 is 11.6 Å². The highest BCUT2D eigenvalue weighted by Crippen LogP contribution is 2.27. The van der Waals surface area contributed by atoms with E-state index >= 15 is 0 Å². The zero-order valence-corrected chi connectivity index (χ0v) is 12.6. The summed E-state index contributed by atoms with van der Waals surface area (Å²) in [6.45, 7) is 1.08. The van der Waals surface area contributed by atoms with Gasteiger partial charge in [0.1, 0.15) is 11.8 Å². The smallest absolute Gasteiger partial charge is 0.406 e. The highest BCUT2D eigenvalue weighted by atomic mass is 35.5. The minimum Gasteiger partial charge on any atom is -0.406 e. The van der Waals surface area contributed by atoms with E-state index in [9.17, 15) is 22.8 Å². The van der Waals surface area contributed by atoms with Crippen LogP contribution in [0.5, 0.6) is 5.75 Å². The normalized spacial score (nSPS) is 12.2. The lowest BCUT2D eigenvalue weighted by atomic mass is 10.1. The van der Waals surface area contributed by atoms with Crippen molar-refractivity contribution in [1.29, 1.82) is 0 Å². The van der Waals surface area contributed by atoms with E-state index in [0.717, 1.165) is 23.1 Å². The fraction of sp³-hybridized carbons (Fsp3) is 0.286. The van der Waals surface area contributed by atoms with E-state index < -0.39 is 30.0 Å². The quantitative estimate of drug-likeness (QED) is 0.829. The van der Waals surface area contributed by atoms with E-state index in [-0.39, 0.29) is 17.1 Å². The Kier molecular flexibility index (Phi) is 5.87. The minimum atomic E-state index is -4.94. The molecule has 0 bridgehead atoms. The lowest BCUT2D eigenvalue weighted by Crippen LogP contribution is -2.46. The van der Waals surface area contributed by atoms with Gasteiger partial charge in [0, 0.05) is 10.6 Å². The first-order valence-corrected chi connectivity index (χ1v) is 6.53. The Hall–Kier alpha value is -2.40. The molecule has 1 aromatic carbocycles. The van der Waals surface area contributed by atoms with E-state index in [0.29, 0.717) is 0 Å². The Bertz CT molecular complexity index is 656. The van der Waals surface area contributed by atoms with E-state index in [4.69, 9.17) is 23.8 Å². The van der Waals surface area contributed by atoms with Crippen molar-refractivity contribution in [3.63, 3.8) is 0 Å². The van der Waals surface area contributed by atoms with Crippen molar-refractivity contribution in [1.82, 2.24) is 4.90 Å². The largest absolute Gasteiger partial charge is 0.573 e. The molecule has 124 valence electrons. The molecule has 0 aromatic heterocycles. The summed E-state index contributed by atoms with van der Waals surface area (Å²) in [6.07, 6.45) is 0.190. The van der Waals surface area contributed by atoms with Crippen LogP contribution in [0.25, 0.3) is 0 Å². The number of rotatable bonds is 5. The van der Waals surface area contributed by atoms with Gasteiger partial charge >= 0.3 is 6.36 Å². The molecule has 0 aliphatic heterocycles. The van der Waals surface area contributed by atoms with Gasteiger partial charge < -0.3 is 15.4 Å². The third-order valence-corrected chi connectivity index (χ3v) is 2.97. The molecule has 2 N–H and O–H groups in total. The highest BCUT2D eigenvalue weighted by molar-refractivity contribution is 6.31. The molecule has 0 heterocycles. The van der Waals surface area contributed by atoms with Crippen molar-refractivity contribution in [2.24, 2.45) is 5.73 Å². The van der Waals surface area contributed by atoms with Crippen molar-refractivity contribution in [3.05, 3.63) is 28.8 Å². The van der Waals surface area contributed by atoms with Crippen LogP contribution in [0.2, 0.25) is 5.02 Å². The van der Waals surface area contributed by atoms with Crippen molar-refractivity contribution >= 4 is 23.4 Å². The molecule has 0 fully saturated rings. The van der Waals surface area contributed by atoms with Crippen LogP contribution in [0.1, 0.15) is 17.3 Å². The minimum absolute atomic E-state index is 0.150. The number of hydrogen-bond donors (Lipinski definition) is 1. The van der Waals surface area contributed by atoms with Crippen LogP contribution in [-0.4, -0.2) is 35.7 Å². The number of alkyl halides is 3. The molecule has 1 atom stereocenters. The number of hydrogen-bond acceptors (Lipinski definition) is 3. The number of nitrogens with zero attached hydrogens (tertiary/aromatic N) is 1. The zero-order valence-electron chi connectivity index (χ0n) is 11.9. The molecule has 0 spiro atoms. The van der Waals surface area contributed by atoms with Crippen LogP contribution in [-0.2, 0) is 4.79 Å². The number of terminal acetylenes is 1. The van der Waals surface area contributed by atoms with E-state index in [1.54, 1.807) is 0 Å². The average molecular weight is 349 g/mol. The maximum absolute atomic E-state index is 12.4. The van der Waals surface area contributed by atoms with E-state index in [2.05, 4.69) is 10.7 Å². The molecule has 0 aliphatic carbocycles. The lowest BCUT2D eigenvalue weighted by molar-refractivity contribution is -0.274. The monoisotopic (exact) mass is 348 g/mol. The van der Waals surface area contributed by atoms with Gasteiger partial charge in [0.05, 0.1) is 6.54 Å². The van der Waals surface area contributed by atoms with Crippen molar-refractivity contribution in [2.75, 3.05) is 6.54 Å². The molecule has 9 heteroatoms. The Morgan fingerprint density at radius 3 is 2.52 bits per heavy atom. The first kappa shape index (κ1) is 18.6. The van der Waals surface area contributed by atoms with Crippen LogP contribution in [0.3, 0.4) is 0 Å². The fourth-order valence-corrected chi connectivity index (χ4v) is 1.91. The second-order valence-electron chi connectivity index (χ2n) is 4.44. The standard InChI is InChI=1S/C14H12ClF3N2O3/c1-3-4-20(8(2)12(19)21)13(22)9-5-10(15)7-11(6-9)23-14(16,17)18/h1,5-8H,4H2,2H3,(H2,19,21). The van der Waals surface area contributed by atoms with Crippen molar-refractivity contribution in [2.45, 2.75) is 19.3 Å². The van der Waals surface area contributed by atoms with Gasteiger partial charge in [-0.1, -0.05) is 17.5 Å². The summed E-state index contributed by atoms with van der Waals surface area (Å²) in [5, 5.41) is -0.150. The molecule has 0 saturated carbocycles. The van der Waals surface area contributed by atoms with Crippen LogP contribution < -0.4 is 10.5 Å². The fourth-order valence-electron chi connectivity index (χ4n) is 1.68. The Morgan fingerprint density at radius 2 is 2.04 bits per heavy atom. The molecule has 1 aromatic rings. The molecular formula is C14H12ClF3N2O3. The number of ether oxygens (including phenoxy) is 1. The molecule has 2 amide bonds. The zero-order chi connectivity index (χ0) is 17.8. The topological polar surface area (TPSA) is 72.6 Å². The van der Waals surface area contributed by atoms with Crippen molar-refractivity contribution < 1.29 is 27.5 Å². The van der Waals surface area contributed by atoms with Crippen LogP contribution in [0.15, 0.2) is 18.2 Å². The van der Waals surface area contributed by atoms with Gasteiger partial charge in [0.25, 0.3) is 5.91 Å². The number of benzene rings is 1. The second kappa shape index (κ2) is 7.24. The first-order valence-electron chi connectivity index (χ1n) is 6.15. The number of nitrogens with two attached hydrogens (primary N) is 1. The summed E-state index contributed by atoms with van der Waals surface area (Å²) in [6, 6.07) is 1.82. The molecule has 0 aliphatic rings. The number of primary amides is 1. The van der Waals surface area contributed by atoms with Crippen LogP contribution in [0, 0.1) is 12.3 Å². The SMILES string of the molecule is C#CCN(C(=O)c1cc(Cl)cc(OC(F)(F)F)c1)C(C)C(N)=O. The number of carbonyl (C=O) groups excluding carboxylic acids is 2. The maximum atomic E-state index is 12.4. The predicted octanol–water partition coefficient (Wildman–Crippen LogP) is 2.19. The van der Waals surface area contributed by atoms with Gasteiger partial charge in [-0.25, -0.2) is 0 Å². The third kappa shape index (κ3) is 5.38. The van der Waals surface area contributed by atoms with Gasteiger partial charge in [0.15, 0.2) is 0 Å². The summed E-state index contributed by atoms with van der Waals surface area (Å²) < 4.78 is 40.5. The van der Waals surface area contributed by atoms with Gasteiger partial charge in [-0.2, -0.15) is 0 Å². The summed E-state index contributed by atoms with van der Waals surface area (Å²) in [7, 11) is 0. The van der Waals surface area contributed by atoms with Crippen LogP contribution in [0.4, 0.5) is 13.2 Å². The third-order valence-electron chi connectivity index (χ3n) is 2.75. The van der Waals surface area contributed by atoms with E-state index in [1.807, 2.05) is 0 Å². The molecular weight excluding hydrogens is 337 g/mol. The lowest BCUT2D eigenvalue weighted by Gasteiger charge is -2.25. The highest BCUT2D eigenvalue weighted by Gasteiger charge is 2.32. The molecule has 1 unspecified atom stereocenters. The maximum Gasteiger partial charge on any atom is 0.573 e. The number of halogens is 4. The summed E-state index contributed by atoms with van der Waals surface area (Å²) >= 11 is 5.70. The Morgan fingerprint density at radius 1 is 1.43 bits per heavy atom. The van der Waals surface area contributed by atoms with Gasteiger partial charge in [-0.15, -0.1) is 19.6 Å². The molecule has 23 heavy (non-hydrogen) atoms. The van der Waals surface area contributed by atoms with Gasteiger partial charge in [-0.3, -0.25) is 9.59 Å². The first-order chi connectivity index (χ1) is 10.5. The predicted molar refractivity (Wildman–Crippen MR) is 76.7 cm³/mol. The molecule has 1 rings (SSSR count). The van der Waals surface area contributed by atoms with Crippen molar-refractivity contribution in [3.8, 4) is 18.1 Å². The summed E-state index contributed by atoms with van der Waals surface area (Å²) in [5.74, 6) is -0.110.